The van der Waals surface area contributed by atoms with Gasteiger partial charge in [-0.3, -0.25) is 4.79 Å². The first kappa shape index (κ1) is 14.5. The maximum atomic E-state index is 12.0. The van der Waals surface area contributed by atoms with Crippen LogP contribution in [-0.2, 0) is 4.74 Å². The van der Waals surface area contributed by atoms with Gasteiger partial charge in [0.15, 0.2) is 4.98 Å². The Kier molecular flexibility index (Phi) is 5.35. The van der Waals surface area contributed by atoms with Gasteiger partial charge in [0.05, 0.1) is 6.61 Å². The fraction of sp³-hybridized carbons (Fsp3) is 0.308. The third-order valence-corrected chi connectivity index (χ3v) is 2.40. The van der Waals surface area contributed by atoms with E-state index in [1.807, 2.05) is 6.07 Å². The van der Waals surface area contributed by atoms with Crippen molar-refractivity contribution >= 4 is 5.91 Å². The number of carbonyl (C=O) groups is 1. The highest BCUT2D eigenvalue weighted by atomic mass is 16.6. The number of amides is 1. The fourth-order valence-electron chi connectivity index (χ4n) is 1.46. The average Bonchev–Trinajstić information content (AvgIpc) is 2.44. The maximum Gasteiger partial charge on any atom is 0.459 e. The van der Waals surface area contributed by atoms with E-state index in [2.05, 4.69) is 4.98 Å². The molecule has 0 spiro atoms. The second-order valence-corrected chi connectivity index (χ2v) is 3.81. The molecule has 0 saturated heterocycles. The van der Waals surface area contributed by atoms with Crippen LogP contribution in [0.2, 0.25) is 0 Å². The van der Waals surface area contributed by atoms with Crippen LogP contribution in [0.15, 0.2) is 42.0 Å². The predicted octanol–water partition coefficient (Wildman–Crippen LogP) is 2.38. The quantitative estimate of drug-likeness (QED) is 0.652. The van der Waals surface area contributed by atoms with E-state index in [-0.39, 0.29) is 24.8 Å². The smallest absolute Gasteiger partial charge is 0.459 e. The molecule has 6 nitrogen and oxygen atoms in total. The minimum Gasteiger partial charge on any atom is -0.475 e. The summed E-state index contributed by atoms with van der Waals surface area (Å²) in [5.74, 6) is -0.733. The fourth-order valence-corrected chi connectivity index (χ4v) is 1.46. The molecule has 1 aromatic carbocycles. The molecule has 0 aromatic heterocycles. The number of ether oxygens (including phenoxy) is 1. The summed E-state index contributed by atoms with van der Waals surface area (Å²) < 4.78 is 4.82. The van der Waals surface area contributed by atoms with Crippen molar-refractivity contribution < 1.29 is 14.6 Å². The third kappa shape index (κ3) is 4.00. The van der Waals surface area contributed by atoms with Crippen LogP contribution in [0.1, 0.15) is 17.3 Å². The molecule has 0 bridgehead atoms. The van der Waals surface area contributed by atoms with Crippen LogP contribution in [-0.4, -0.2) is 36.1 Å². The van der Waals surface area contributed by atoms with Crippen LogP contribution in [0.4, 0.5) is 0 Å². The molecular weight excluding hydrogens is 246 g/mol. The van der Waals surface area contributed by atoms with E-state index in [0.29, 0.717) is 5.56 Å². The Morgan fingerprint density at radius 2 is 2.05 bits per heavy atom. The first-order valence-electron chi connectivity index (χ1n) is 5.80. The average molecular weight is 262 g/mol. The third-order valence-electron chi connectivity index (χ3n) is 2.40. The lowest BCUT2D eigenvalue weighted by Crippen LogP contribution is -2.28. The number of benzene rings is 1. The Morgan fingerprint density at radius 1 is 1.42 bits per heavy atom. The Morgan fingerprint density at radius 3 is 2.58 bits per heavy atom. The lowest BCUT2D eigenvalue weighted by molar-refractivity contribution is 0.0786. The Hall–Kier alpha value is -2.55. The van der Waals surface area contributed by atoms with Crippen LogP contribution >= 0.6 is 0 Å². The predicted molar refractivity (Wildman–Crippen MR) is 69.8 cm³/mol. The largest absolute Gasteiger partial charge is 0.475 e. The molecule has 1 amide bonds. The van der Waals surface area contributed by atoms with Gasteiger partial charge < -0.3 is 14.7 Å². The molecule has 0 aliphatic carbocycles. The van der Waals surface area contributed by atoms with Gasteiger partial charge in [-0.05, 0) is 19.1 Å². The number of hydrogen-bond acceptors (Lipinski definition) is 4. The van der Waals surface area contributed by atoms with Gasteiger partial charge in [0.25, 0.3) is 5.91 Å². The van der Waals surface area contributed by atoms with Crippen molar-refractivity contribution in [3.8, 4) is 0 Å². The van der Waals surface area contributed by atoms with Crippen LogP contribution in [0.25, 0.3) is 4.98 Å². The summed E-state index contributed by atoms with van der Waals surface area (Å²) in [4.78, 5) is 16.3. The highest BCUT2D eigenvalue weighted by Gasteiger charge is 2.25. The van der Waals surface area contributed by atoms with Crippen molar-refractivity contribution in [1.29, 1.82) is 5.39 Å². The van der Waals surface area contributed by atoms with Crippen molar-refractivity contribution in [2.45, 2.75) is 6.92 Å². The van der Waals surface area contributed by atoms with E-state index in [4.69, 9.17) is 10.1 Å². The lowest BCUT2D eigenvalue weighted by Gasteiger charge is -2.13. The standard InChI is InChI=1S/C13H15N3O3/c1-3-19-13(18)11(15-14)9-16(2)12(17)10-7-5-4-6-8-10/h4-8H,3,9H2,1-2H3/p+1/b13-11-. The minimum absolute atomic E-state index is 0.0595. The molecule has 0 radical (unpaired) electrons. The number of aliphatic hydroxyl groups is 1. The summed E-state index contributed by atoms with van der Waals surface area (Å²) in [6.07, 6.45) is 0. The lowest BCUT2D eigenvalue weighted by atomic mass is 10.2. The van der Waals surface area contributed by atoms with Gasteiger partial charge in [0.1, 0.15) is 6.54 Å². The first-order chi connectivity index (χ1) is 9.10. The molecule has 0 atom stereocenters. The second-order valence-electron chi connectivity index (χ2n) is 3.81. The number of nitrogens with zero attached hydrogens (tertiary/aromatic N) is 3. The van der Waals surface area contributed by atoms with Crippen molar-refractivity contribution in [2.24, 2.45) is 0 Å². The van der Waals surface area contributed by atoms with Crippen LogP contribution in [0.3, 0.4) is 0 Å². The van der Waals surface area contributed by atoms with E-state index in [1.165, 1.54) is 4.90 Å². The number of aliphatic hydroxyl groups excluding tert-OH is 1. The van der Waals surface area contributed by atoms with Gasteiger partial charge in [0.2, 0.25) is 5.39 Å². The van der Waals surface area contributed by atoms with Gasteiger partial charge in [-0.25, -0.2) is 0 Å². The zero-order chi connectivity index (χ0) is 14.3. The second kappa shape index (κ2) is 7.01. The highest BCUT2D eigenvalue weighted by Crippen LogP contribution is 2.10. The van der Waals surface area contributed by atoms with Gasteiger partial charge in [-0.15, -0.1) is 0 Å². The van der Waals surface area contributed by atoms with Gasteiger partial charge in [-0.2, -0.15) is 0 Å². The summed E-state index contributed by atoms with van der Waals surface area (Å²) in [6, 6.07) is 8.69. The Bertz CT molecular complexity index is 506. The van der Waals surface area contributed by atoms with Gasteiger partial charge in [-0.1, -0.05) is 18.2 Å². The topological polar surface area (TPSA) is 77.9 Å². The molecule has 0 fully saturated rings. The molecule has 1 rings (SSSR count). The molecule has 6 heteroatoms. The molecule has 0 unspecified atom stereocenters. The molecular formula is C13H16N3O3+. The minimum atomic E-state index is -0.488. The molecule has 0 heterocycles. The molecule has 0 aliphatic heterocycles. The summed E-state index contributed by atoms with van der Waals surface area (Å²) >= 11 is 0. The molecule has 1 aromatic rings. The number of carbonyl (C=O) groups excluding carboxylic acids is 1. The summed E-state index contributed by atoms with van der Waals surface area (Å²) in [6.45, 7) is 1.86. The number of likely N-dealkylation sites (N-methyl/N-ethyl adjacent to an activating group) is 1. The molecule has 0 saturated carbocycles. The van der Waals surface area contributed by atoms with Crippen molar-refractivity contribution in [1.82, 2.24) is 4.90 Å². The van der Waals surface area contributed by atoms with Crippen molar-refractivity contribution in [3.05, 3.63) is 52.5 Å². The van der Waals surface area contributed by atoms with E-state index < -0.39 is 5.95 Å². The maximum absolute atomic E-state index is 12.0. The molecule has 19 heavy (non-hydrogen) atoms. The highest BCUT2D eigenvalue weighted by molar-refractivity contribution is 5.94. The Balaban J connectivity index is 2.80. The number of diazo groups is 1. The van der Waals surface area contributed by atoms with Crippen LogP contribution < -0.4 is 0 Å². The van der Waals surface area contributed by atoms with Gasteiger partial charge >= 0.3 is 11.6 Å². The monoisotopic (exact) mass is 262 g/mol. The zero-order valence-electron chi connectivity index (χ0n) is 10.9. The number of rotatable bonds is 5. The van der Waals surface area contributed by atoms with Crippen LogP contribution in [0.5, 0.6) is 0 Å². The molecule has 100 valence electrons. The number of hydrogen-bond donors (Lipinski definition) is 1. The first-order valence-corrected chi connectivity index (χ1v) is 5.80. The molecule has 0 aliphatic rings. The van der Waals surface area contributed by atoms with E-state index in [0.717, 1.165) is 0 Å². The van der Waals surface area contributed by atoms with Gasteiger partial charge in [0, 0.05) is 12.6 Å². The van der Waals surface area contributed by atoms with Crippen molar-refractivity contribution in [2.75, 3.05) is 20.2 Å². The van der Waals surface area contributed by atoms with E-state index in [1.54, 1.807) is 38.2 Å². The normalized spacial score (nSPS) is 11.2. The summed E-state index contributed by atoms with van der Waals surface area (Å²) in [7, 11) is 1.54. The summed E-state index contributed by atoms with van der Waals surface area (Å²) in [5, 5.41) is 18.3. The SMILES string of the molecule is CCO/C(O)=C(/CN(C)C(=O)c1ccccc1)[N+]#N. The van der Waals surface area contributed by atoms with Crippen molar-refractivity contribution in [3.63, 3.8) is 0 Å². The Labute approximate surface area is 111 Å². The van der Waals surface area contributed by atoms with E-state index >= 15 is 0 Å². The molecule has 1 N–H and O–H groups in total. The van der Waals surface area contributed by atoms with Crippen LogP contribution in [0, 0.1) is 5.39 Å². The van der Waals surface area contributed by atoms with E-state index in [9.17, 15) is 9.90 Å². The zero-order valence-corrected chi connectivity index (χ0v) is 10.9. The summed E-state index contributed by atoms with van der Waals surface area (Å²) in [5.41, 5.74) is 0.409.